The number of carbonyl (C=O) groups is 2. The molecule has 0 bridgehead atoms. The van der Waals surface area contributed by atoms with Gasteiger partial charge in [0.2, 0.25) is 0 Å². The molecule has 0 rings (SSSR count). The SMILES string of the molecule is CCCCC(NC(=O)N(CCOC)C(C)COC)C(=O)O. The van der Waals surface area contributed by atoms with Gasteiger partial charge < -0.3 is 24.8 Å². The topological polar surface area (TPSA) is 88.1 Å². The smallest absolute Gasteiger partial charge is 0.326 e. The molecule has 0 saturated carbocycles. The van der Waals surface area contributed by atoms with E-state index in [1.54, 1.807) is 14.2 Å². The summed E-state index contributed by atoms with van der Waals surface area (Å²) in [5.41, 5.74) is 0. The van der Waals surface area contributed by atoms with Crippen LogP contribution in [0.15, 0.2) is 0 Å². The average Bonchev–Trinajstić information content (AvgIpc) is 2.43. The summed E-state index contributed by atoms with van der Waals surface area (Å²) in [6.07, 6.45) is 2.06. The van der Waals surface area contributed by atoms with E-state index < -0.39 is 18.0 Å². The Balaban J connectivity index is 4.70. The van der Waals surface area contributed by atoms with Gasteiger partial charge in [0.15, 0.2) is 0 Å². The monoisotopic (exact) mass is 304 g/mol. The summed E-state index contributed by atoms with van der Waals surface area (Å²) in [5.74, 6) is -1.01. The molecule has 2 N–H and O–H groups in total. The standard InChI is InChI=1S/C14H28N2O5/c1-5-6-7-12(13(17)18)15-14(19)16(8-9-20-3)11(2)10-21-4/h11-12H,5-10H2,1-4H3,(H,15,19)(H,17,18). The van der Waals surface area contributed by atoms with Crippen LogP contribution in [-0.2, 0) is 14.3 Å². The molecule has 2 amide bonds. The lowest BCUT2D eigenvalue weighted by Crippen LogP contribution is -2.52. The van der Waals surface area contributed by atoms with Crippen molar-refractivity contribution in [3.63, 3.8) is 0 Å². The molecule has 7 heteroatoms. The normalized spacial score (nSPS) is 13.5. The van der Waals surface area contributed by atoms with Crippen molar-refractivity contribution in [2.75, 3.05) is 34.0 Å². The molecular weight excluding hydrogens is 276 g/mol. The van der Waals surface area contributed by atoms with Crippen LogP contribution < -0.4 is 5.32 Å². The van der Waals surface area contributed by atoms with Crippen molar-refractivity contribution in [1.82, 2.24) is 10.2 Å². The van der Waals surface area contributed by atoms with Crippen molar-refractivity contribution in [3.05, 3.63) is 0 Å². The minimum absolute atomic E-state index is 0.161. The molecule has 0 aromatic carbocycles. The molecule has 0 aromatic heterocycles. The number of carboxylic acid groups (broad SMARTS) is 1. The van der Waals surface area contributed by atoms with Gasteiger partial charge >= 0.3 is 12.0 Å². The number of hydrogen-bond donors (Lipinski definition) is 2. The third-order valence-corrected chi connectivity index (χ3v) is 3.18. The second-order valence-corrected chi connectivity index (χ2v) is 4.97. The highest BCUT2D eigenvalue weighted by Crippen LogP contribution is 2.05. The largest absolute Gasteiger partial charge is 0.480 e. The summed E-state index contributed by atoms with van der Waals surface area (Å²) in [6.45, 7) is 4.97. The lowest BCUT2D eigenvalue weighted by Gasteiger charge is -2.30. The molecule has 0 aliphatic heterocycles. The van der Waals surface area contributed by atoms with Crippen LogP contribution >= 0.6 is 0 Å². The van der Waals surface area contributed by atoms with E-state index in [4.69, 9.17) is 14.6 Å². The van der Waals surface area contributed by atoms with E-state index in [0.717, 1.165) is 12.8 Å². The highest BCUT2D eigenvalue weighted by atomic mass is 16.5. The Kier molecular flexibility index (Phi) is 10.6. The first-order chi connectivity index (χ1) is 9.97. The van der Waals surface area contributed by atoms with Gasteiger partial charge in [-0.3, -0.25) is 0 Å². The van der Waals surface area contributed by atoms with Gasteiger partial charge in [-0.1, -0.05) is 19.8 Å². The van der Waals surface area contributed by atoms with Gasteiger partial charge in [0.25, 0.3) is 0 Å². The van der Waals surface area contributed by atoms with E-state index in [1.165, 1.54) is 4.90 Å². The van der Waals surface area contributed by atoms with E-state index >= 15 is 0 Å². The summed E-state index contributed by atoms with van der Waals surface area (Å²) in [7, 11) is 3.11. The van der Waals surface area contributed by atoms with Crippen LogP contribution in [0, 0.1) is 0 Å². The number of carbonyl (C=O) groups excluding carboxylic acids is 1. The fourth-order valence-electron chi connectivity index (χ4n) is 1.94. The number of hydrogen-bond acceptors (Lipinski definition) is 4. The fraction of sp³-hybridized carbons (Fsp3) is 0.857. The molecule has 0 aliphatic carbocycles. The van der Waals surface area contributed by atoms with Crippen molar-refractivity contribution in [2.24, 2.45) is 0 Å². The van der Waals surface area contributed by atoms with Gasteiger partial charge in [-0.25, -0.2) is 9.59 Å². The minimum Gasteiger partial charge on any atom is -0.480 e. The Morgan fingerprint density at radius 1 is 1.29 bits per heavy atom. The Morgan fingerprint density at radius 3 is 2.43 bits per heavy atom. The first kappa shape index (κ1) is 19.7. The zero-order chi connectivity index (χ0) is 16.3. The third kappa shape index (κ3) is 7.87. The summed E-state index contributed by atoms with van der Waals surface area (Å²) >= 11 is 0. The van der Waals surface area contributed by atoms with Crippen molar-refractivity contribution in [1.29, 1.82) is 0 Å². The number of amides is 2. The number of aliphatic carboxylic acids is 1. The Hall–Kier alpha value is -1.34. The maximum Gasteiger partial charge on any atom is 0.326 e. The summed E-state index contributed by atoms with van der Waals surface area (Å²) in [5, 5.41) is 11.7. The van der Waals surface area contributed by atoms with Gasteiger partial charge in [-0.2, -0.15) is 0 Å². The number of nitrogens with zero attached hydrogens (tertiary/aromatic N) is 1. The lowest BCUT2D eigenvalue weighted by molar-refractivity contribution is -0.139. The van der Waals surface area contributed by atoms with E-state index in [2.05, 4.69) is 5.32 Å². The van der Waals surface area contributed by atoms with Crippen LogP contribution in [0.25, 0.3) is 0 Å². The number of urea groups is 1. The molecular formula is C14H28N2O5. The minimum atomic E-state index is -1.01. The predicted octanol–water partition coefficient (Wildman–Crippen LogP) is 1.32. The molecule has 0 heterocycles. The van der Waals surface area contributed by atoms with Crippen LogP contribution in [0.4, 0.5) is 4.79 Å². The highest BCUT2D eigenvalue weighted by Gasteiger charge is 2.25. The van der Waals surface area contributed by atoms with Gasteiger partial charge in [-0.15, -0.1) is 0 Å². The number of nitrogens with one attached hydrogen (secondary N) is 1. The van der Waals surface area contributed by atoms with Crippen molar-refractivity contribution in [3.8, 4) is 0 Å². The second-order valence-electron chi connectivity index (χ2n) is 4.97. The van der Waals surface area contributed by atoms with Crippen LogP contribution in [0.2, 0.25) is 0 Å². The maximum absolute atomic E-state index is 12.3. The van der Waals surface area contributed by atoms with Crippen LogP contribution in [0.1, 0.15) is 33.1 Å². The molecule has 0 aromatic rings. The molecule has 0 fully saturated rings. The van der Waals surface area contributed by atoms with E-state index in [1.807, 2.05) is 13.8 Å². The molecule has 0 spiro atoms. The van der Waals surface area contributed by atoms with E-state index in [-0.39, 0.29) is 6.04 Å². The first-order valence-electron chi connectivity index (χ1n) is 7.25. The Labute approximate surface area is 126 Å². The predicted molar refractivity (Wildman–Crippen MR) is 79.4 cm³/mol. The quantitative estimate of drug-likeness (QED) is 0.601. The zero-order valence-corrected chi connectivity index (χ0v) is 13.4. The molecule has 2 atom stereocenters. The van der Waals surface area contributed by atoms with Gasteiger partial charge in [0.1, 0.15) is 6.04 Å². The average molecular weight is 304 g/mol. The molecule has 21 heavy (non-hydrogen) atoms. The van der Waals surface area contributed by atoms with Crippen molar-refractivity contribution >= 4 is 12.0 Å². The molecule has 124 valence electrons. The van der Waals surface area contributed by atoms with Gasteiger partial charge in [-0.05, 0) is 13.3 Å². The van der Waals surface area contributed by atoms with E-state index in [0.29, 0.717) is 26.2 Å². The van der Waals surface area contributed by atoms with Crippen LogP contribution in [-0.4, -0.2) is 68.1 Å². The van der Waals surface area contributed by atoms with Crippen molar-refractivity contribution < 1.29 is 24.2 Å². The fourth-order valence-corrected chi connectivity index (χ4v) is 1.94. The molecule has 2 unspecified atom stereocenters. The number of carboxylic acids is 1. The Bertz CT molecular complexity index is 312. The highest BCUT2D eigenvalue weighted by molar-refractivity contribution is 5.82. The first-order valence-corrected chi connectivity index (χ1v) is 7.25. The maximum atomic E-state index is 12.3. The zero-order valence-electron chi connectivity index (χ0n) is 13.4. The number of unbranched alkanes of at least 4 members (excludes halogenated alkanes) is 1. The summed E-state index contributed by atoms with van der Waals surface area (Å²) < 4.78 is 10.0. The lowest BCUT2D eigenvalue weighted by atomic mass is 10.1. The molecule has 0 radical (unpaired) electrons. The summed E-state index contributed by atoms with van der Waals surface area (Å²) in [6, 6.07) is -1.43. The van der Waals surface area contributed by atoms with Crippen molar-refractivity contribution in [2.45, 2.75) is 45.2 Å². The Morgan fingerprint density at radius 2 is 1.95 bits per heavy atom. The number of methoxy groups -OCH3 is 2. The molecule has 7 nitrogen and oxygen atoms in total. The number of rotatable bonds is 11. The second kappa shape index (κ2) is 11.3. The van der Waals surface area contributed by atoms with Gasteiger partial charge in [0.05, 0.1) is 19.3 Å². The number of ether oxygens (including phenoxy) is 2. The molecule has 0 aliphatic rings. The third-order valence-electron chi connectivity index (χ3n) is 3.18. The van der Waals surface area contributed by atoms with Crippen LogP contribution in [0.5, 0.6) is 0 Å². The van der Waals surface area contributed by atoms with Crippen LogP contribution in [0.3, 0.4) is 0 Å². The van der Waals surface area contributed by atoms with Gasteiger partial charge in [0, 0.05) is 20.8 Å². The molecule has 0 saturated heterocycles. The summed E-state index contributed by atoms with van der Waals surface area (Å²) in [4.78, 5) is 25.0. The van der Waals surface area contributed by atoms with E-state index in [9.17, 15) is 9.59 Å².